The van der Waals surface area contributed by atoms with Crippen LogP contribution in [0.15, 0.2) is 53.5 Å². The van der Waals surface area contributed by atoms with E-state index in [1.54, 1.807) is 24.3 Å². The molecule has 0 saturated heterocycles. The maximum atomic E-state index is 12.2. The van der Waals surface area contributed by atoms with E-state index in [4.69, 9.17) is 0 Å². The fourth-order valence-electron chi connectivity index (χ4n) is 1.85. The zero-order valence-electron chi connectivity index (χ0n) is 13.3. The van der Waals surface area contributed by atoms with Crippen molar-refractivity contribution >= 4 is 31.5 Å². The number of hydrogen-bond donors (Lipinski definition) is 1. The van der Waals surface area contributed by atoms with Crippen molar-refractivity contribution in [1.29, 1.82) is 0 Å². The number of benzene rings is 2. The standard InChI is InChI=1S/C18H18N2O2Se/c1-12-4-8-14(9-5-12)16(21)19-18(23-3)20-17(22)15-10-6-13(2)7-11-15/h4-11H,1-3H3,(H,19,20,21,22). The first-order valence-corrected chi connectivity index (χ1v) is 9.68. The van der Waals surface area contributed by atoms with Crippen LogP contribution in [0.2, 0.25) is 5.82 Å². The summed E-state index contributed by atoms with van der Waals surface area (Å²) in [6.07, 6.45) is 0. The molecule has 0 aliphatic carbocycles. The summed E-state index contributed by atoms with van der Waals surface area (Å²) in [5, 5.41) is 2.73. The van der Waals surface area contributed by atoms with Gasteiger partial charge in [-0.05, 0) is 0 Å². The van der Waals surface area contributed by atoms with Crippen molar-refractivity contribution < 1.29 is 9.59 Å². The van der Waals surface area contributed by atoms with Crippen molar-refractivity contribution in [2.45, 2.75) is 19.7 Å². The second-order valence-electron chi connectivity index (χ2n) is 5.11. The van der Waals surface area contributed by atoms with Crippen molar-refractivity contribution in [3.05, 3.63) is 70.8 Å². The molecule has 2 aromatic rings. The first-order chi connectivity index (χ1) is 11.0. The summed E-state index contributed by atoms with van der Waals surface area (Å²) < 4.78 is 0.425. The van der Waals surface area contributed by atoms with Crippen molar-refractivity contribution in [3.8, 4) is 0 Å². The minimum absolute atomic E-state index is 0.0965. The maximum absolute atomic E-state index is 12.2. The normalized spacial score (nSPS) is 11.2. The molecule has 0 radical (unpaired) electrons. The molecule has 0 aliphatic heterocycles. The Balaban J connectivity index is 2.12. The molecule has 5 heteroatoms. The van der Waals surface area contributed by atoms with E-state index in [-0.39, 0.29) is 26.8 Å². The summed E-state index contributed by atoms with van der Waals surface area (Å²) in [5.74, 6) is 1.32. The number of amidine groups is 1. The summed E-state index contributed by atoms with van der Waals surface area (Å²) in [7, 11) is 0. The van der Waals surface area contributed by atoms with Crippen LogP contribution in [0.1, 0.15) is 31.8 Å². The molecule has 0 spiro atoms. The molecule has 1 N–H and O–H groups in total. The van der Waals surface area contributed by atoms with Crippen molar-refractivity contribution in [2.24, 2.45) is 4.99 Å². The predicted octanol–water partition coefficient (Wildman–Crippen LogP) is 2.98. The molecule has 2 aromatic carbocycles. The first-order valence-electron chi connectivity index (χ1n) is 7.11. The molecule has 23 heavy (non-hydrogen) atoms. The van der Waals surface area contributed by atoms with Gasteiger partial charge in [0.1, 0.15) is 0 Å². The van der Waals surface area contributed by atoms with E-state index in [0.29, 0.717) is 15.9 Å². The van der Waals surface area contributed by atoms with Gasteiger partial charge < -0.3 is 0 Å². The third kappa shape index (κ3) is 4.88. The van der Waals surface area contributed by atoms with Crippen LogP contribution in [0.25, 0.3) is 0 Å². The summed E-state index contributed by atoms with van der Waals surface area (Å²) in [4.78, 5) is 28.4. The molecular weight excluding hydrogens is 355 g/mol. The summed E-state index contributed by atoms with van der Waals surface area (Å²) in [6, 6.07) is 14.5. The first kappa shape index (κ1) is 17.1. The number of aryl methyl sites for hydroxylation is 2. The number of aliphatic imine (C=N–C) groups is 1. The van der Waals surface area contributed by atoms with Crippen LogP contribution in [-0.2, 0) is 0 Å². The van der Waals surface area contributed by atoms with E-state index < -0.39 is 0 Å². The number of hydrogen-bond acceptors (Lipinski definition) is 2. The molecule has 0 heterocycles. The van der Waals surface area contributed by atoms with E-state index >= 15 is 0 Å². The molecule has 0 fully saturated rings. The predicted molar refractivity (Wildman–Crippen MR) is 93.2 cm³/mol. The number of amides is 2. The molecular formula is C18H18N2O2Se. The molecule has 4 nitrogen and oxygen atoms in total. The van der Waals surface area contributed by atoms with E-state index in [0.717, 1.165) is 11.1 Å². The number of nitrogens with one attached hydrogen (secondary N) is 1. The fraction of sp³-hybridized carbons (Fsp3) is 0.167. The average Bonchev–Trinajstić information content (AvgIpc) is 2.55. The van der Waals surface area contributed by atoms with E-state index in [9.17, 15) is 9.59 Å². The van der Waals surface area contributed by atoms with Crippen molar-refractivity contribution in [3.63, 3.8) is 0 Å². The monoisotopic (exact) mass is 374 g/mol. The van der Waals surface area contributed by atoms with Gasteiger partial charge in [0, 0.05) is 0 Å². The van der Waals surface area contributed by atoms with E-state index in [1.807, 2.05) is 43.9 Å². The zero-order chi connectivity index (χ0) is 16.8. The Hall–Kier alpha value is -2.23. The van der Waals surface area contributed by atoms with Crippen LogP contribution in [-0.4, -0.2) is 31.5 Å². The number of carbonyl (C=O) groups is 2. The Labute approximate surface area is 142 Å². The molecule has 0 atom stereocenters. The fourth-order valence-corrected chi connectivity index (χ4v) is 2.63. The summed E-state index contributed by atoms with van der Waals surface area (Å²) >= 11 is -0.0965. The van der Waals surface area contributed by atoms with Crippen LogP contribution in [0.5, 0.6) is 0 Å². The molecule has 2 rings (SSSR count). The van der Waals surface area contributed by atoms with Crippen LogP contribution < -0.4 is 5.32 Å². The van der Waals surface area contributed by atoms with Gasteiger partial charge in [0.05, 0.1) is 0 Å². The average molecular weight is 373 g/mol. The van der Waals surface area contributed by atoms with Crippen LogP contribution >= 0.6 is 0 Å². The van der Waals surface area contributed by atoms with Gasteiger partial charge in [-0.3, -0.25) is 0 Å². The second kappa shape index (κ2) is 7.86. The van der Waals surface area contributed by atoms with Crippen LogP contribution in [0, 0.1) is 13.8 Å². The third-order valence-electron chi connectivity index (χ3n) is 3.23. The van der Waals surface area contributed by atoms with E-state index in [2.05, 4.69) is 10.3 Å². The van der Waals surface area contributed by atoms with Crippen LogP contribution in [0.4, 0.5) is 0 Å². The minimum atomic E-state index is -0.340. The Morgan fingerprint density at radius 3 is 1.83 bits per heavy atom. The molecule has 118 valence electrons. The quantitative estimate of drug-likeness (QED) is 0.511. The molecule has 0 aromatic heterocycles. The molecule has 0 unspecified atom stereocenters. The van der Waals surface area contributed by atoms with Gasteiger partial charge in [0.25, 0.3) is 0 Å². The van der Waals surface area contributed by atoms with Gasteiger partial charge in [0.2, 0.25) is 0 Å². The number of carbonyl (C=O) groups excluding carboxylic acids is 2. The SMILES string of the molecule is C[Se]C(=NC(=O)c1ccc(C)cc1)NC(=O)c1ccc(C)cc1. The van der Waals surface area contributed by atoms with Gasteiger partial charge in [-0.1, -0.05) is 0 Å². The van der Waals surface area contributed by atoms with Crippen molar-refractivity contribution in [1.82, 2.24) is 5.32 Å². The van der Waals surface area contributed by atoms with Gasteiger partial charge in [-0.25, -0.2) is 0 Å². The van der Waals surface area contributed by atoms with Crippen molar-refractivity contribution in [2.75, 3.05) is 0 Å². The Kier molecular flexibility index (Phi) is 5.85. The summed E-state index contributed by atoms with van der Waals surface area (Å²) in [6.45, 7) is 3.92. The Morgan fingerprint density at radius 2 is 1.35 bits per heavy atom. The molecule has 0 bridgehead atoms. The number of nitrogens with zero attached hydrogens (tertiary/aromatic N) is 1. The van der Waals surface area contributed by atoms with Gasteiger partial charge in [0.15, 0.2) is 0 Å². The van der Waals surface area contributed by atoms with Gasteiger partial charge in [-0.2, -0.15) is 0 Å². The van der Waals surface area contributed by atoms with E-state index in [1.165, 1.54) is 0 Å². The zero-order valence-corrected chi connectivity index (χ0v) is 15.0. The topological polar surface area (TPSA) is 58.5 Å². The molecule has 0 saturated carbocycles. The van der Waals surface area contributed by atoms with Crippen LogP contribution in [0.3, 0.4) is 0 Å². The number of rotatable bonds is 3. The second-order valence-corrected chi connectivity index (χ2v) is 6.78. The molecule has 2 amide bonds. The van der Waals surface area contributed by atoms with Gasteiger partial charge in [-0.15, -0.1) is 0 Å². The summed E-state index contributed by atoms with van der Waals surface area (Å²) in [5.41, 5.74) is 3.24. The van der Waals surface area contributed by atoms with Gasteiger partial charge >= 0.3 is 142 Å². The molecule has 0 aliphatic rings. The Bertz CT molecular complexity index is 735. The third-order valence-corrected chi connectivity index (χ3v) is 4.45. The Morgan fingerprint density at radius 1 is 0.870 bits per heavy atom.